The highest BCUT2D eigenvalue weighted by molar-refractivity contribution is 5.94. The number of hydrogen-bond acceptors (Lipinski definition) is 4. The molecule has 1 saturated heterocycles. The number of nitrogens with zero attached hydrogens (tertiary/aromatic N) is 2. The fourth-order valence-electron chi connectivity index (χ4n) is 5.91. The lowest BCUT2D eigenvalue weighted by Crippen LogP contribution is -2.49. The lowest BCUT2D eigenvalue weighted by Gasteiger charge is -2.40. The summed E-state index contributed by atoms with van der Waals surface area (Å²) in [6, 6.07) is 45.5. The second-order valence-electron chi connectivity index (χ2n) is 11.0. The molecule has 0 unspecified atom stereocenters. The molecule has 1 fully saturated rings. The maximum Gasteiger partial charge on any atom is 0.253 e. The minimum absolute atomic E-state index is 0.0390. The smallest absolute Gasteiger partial charge is 0.253 e. The molecule has 5 aromatic rings. The Hall–Kier alpha value is -4.87. The van der Waals surface area contributed by atoms with Gasteiger partial charge in [-0.2, -0.15) is 0 Å². The van der Waals surface area contributed by atoms with E-state index in [0.717, 1.165) is 35.7 Å². The summed E-state index contributed by atoms with van der Waals surface area (Å²) in [6.45, 7) is 5.74. The van der Waals surface area contributed by atoms with Crippen molar-refractivity contribution in [2.75, 3.05) is 32.8 Å². The Balaban J connectivity index is 1.13. The summed E-state index contributed by atoms with van der Waals surface area (Å²) in [5, 5.41) is 0. The van der Waals surface area contributed by atoms with Gasteiger partial charge in [0.05, 0.1) is 12.6 Å². The van der Waals surface area contributed by atoms with Gasteiger partial charge in [0, 0.05) is 37.3 Å². The Morgan fingerprint density at radius 1 is 0.659 bits per heavy atom. The minimum Gasteiger partial charge on any atom is -0.493 e. The highest BCUT2D eigenvalue weighted by atomic mass is 16.5. The third kappa shape index (κ3) is 6.85. The van der Waals surface area contributed by atoms with Crippen LogP contribution in [0.4, 0.5) is 0 Å². The Morgan fingerprint density at radius 3 is 1.82 bits per heavy atom. The predicted octanol–water partition coefficient (Wildman–Crippen LogP) is 7.88. The van der Waals surface area contributed by atoms with Crippen molar-refractivity contribution in [3.8, 4) is 22.6 Å². The molecular formula is C39H38N2O3. The van der Waals surface area contributed by atoms with Crippen LogP contribution >= 0.6 is 0 Å². The van der Waals surface area contributed by atoms with E-state index in [0.29, 0.717) is 31.9 Å². The van der Waals surface area contributed by atoms with Gasteiger partial charge in [0.25, 0.3) is 5.91 Å². The summed E-state index contributed by atoms with van der Waals surface area (Å²) >= 11 is 0. The fourth-order valence-corrected chi connectivity index (χ4v) is 5.91. The zero-order chi connectivity index (χ0) is 30.1. The van der Waals surface area contributed by atoms with Crippen molar-refractivity contribution in [3.05, 3.63) is 156 Å². The van der Waals surface area contributed by atoms with Crippen LogP contribution in [0.3, 0.4) is 0 Å². The molecule has 0 aromatic heterocycles. The van der Waals surface area contributed by atoms with Crippen LogP contribution < -0.4 is 9.47 Å². The molecule has 44 heavy (non-hydrogen) atoms. The van der Waals surface area contributed by atoms with Crippen molar-refractivity contribution in [2.45, 2.75) is 19.6 Å². The van der Waals surface area contributed by atoms with Crippen molar-refractivity contribution in [3.63, 3.8) is 0 Å². The van der Waals surface area contributed by atoms with Gasteiger partial charge in [0.1, 0.15) is 18.1 Å². The van der Waals surface area contributed by atoms with Crippen LogP contribution in [0, 0.1) is 0 Å². The lowest BCUT2D eigenvalue weighted by molar-refractivity contribution is 0.0597. The van der Waals surface area contributed by atoms with Gasteiger partial charge in [-0.15, -0.1) is 0 Å². The second-order valence-corrected chi connectivity index (χ2v) is 11.0. The molecule has 0 aliphatic carbocycles. The molecule has 0 atom stereocenters. The summed E-state index contributed by atoms with van der Waals surface area (Å²) in [5.41, 5.74) is 6.35. The first-order valence-electron chi connectivity index (χ1n) is 15.4. The van der Waals surface area contributed by atoms with Gasteiger partial charge in [0.2, 0.25) is 0 Å². The van der Waals surface area contributed by atoms with Crippen molar-refractivity contribution in [1.82, 2.24) is 9.80 Å². The summed E-state index contributed by atoms with van der Waals surface area (Å²) in [6.07, 6.45) is 0. The summed E-state index contributed by atoms with van der Waals surface area (Å²) in [4.78, 5) is 18.2. The molecule has 0 N–H and O–H groups in total. The monoisotopic (exact) mass is 582 g/mol. The Labute approximate surface area is 260 Å². The Kier molecular flexibility index (Phi) is 9.34. The average molecular weight is 583 g/mol. The van der Waals surface area contributed by atoms with Gasteiger partial charge in [-0.3, -0.25) is 9.69 Å². The van der Waals surface area contributed by atoms with Crippen LogP contribution in [-0.2, 0) is 6.61 Å². The van der Waals surface area contributed by atoms with Crippen LogP contribution in [0.25, 0.3) is 11.1 Å². The predicted molar refractivity (Wildman–Crippen MR) is 176 cm³/mol. The van der Waals surface area contributed by atoms with E-state index in [2.05, 4.69) is 89.8 Å². The molecule has 0 radical (unpaired) electrons. The van der Waals surface area contributed by atoms with Crippen molar-refractivity contribution in [2.24, 2.45) is 0 Å². The third-order valence-corrected chi connectivity index (χ3v) is 8.16. The maximum atomic E-state index is 13.7. The molecule has 5 aromatic carbocycles. The Bertz CT molecular complexity index is 1590. The number of carbonyl (C=O) groups is 1. The number of benzene rings is 5. The van der Waals surface area contributed by atoms with Crippen LogP contribution in [-0.4, -0.2) is 48.5 Å². The molecule has 1 aliphatic heterocycles. The molecule has 222 valence electrons. The largest absolute Gasteiger partial charge is 0.493 e. The molecule has 5 heteroatoms. The van der Waals surface area contributed by atoms with E-state index < -0.39 is 0 Å². The molecule has 1 aliphatic rings. The third-order valence-electron chi connectivity index (χ3n) is 8.16. The number of amides is 1. The van der Waals surface area contributed by atoms with Gasteiger partial charge >= 0.3 is 0 Å². The van der Waals surface area contributed by atoms with Crippen LogP contribution in [0.5, 0.6) is 11.5 Å². The lowest BCUT2D eigenvalue weighted by atomic mass is 9.96. The highest BCUT2D eigenvalue weighted by Gasteiger charge is 2.29. The number of rotatable bonds is 10. The Morgan fingerprint density at radius 2 is 1.23 bits per heavy atom. The standard InChI is InChI=1S/C39H38N2O3/c1-2-43-37-23-20-34(28-35(37)29-44-36-21-18-31(19-22-36)30-12-6-3-7-13-30)39(42)41-26-24-40(25-27-41)38(32-14-8-4-9-15-32)33-16-10-5-11-17-33/h3-23,28,38H,2,24-27,29H2,1H3. The first-order chi connectivity index (χ1) is 21.7. The number of carbonyl (C=O) groups excluding carboxylic acids is 1. The fraction of sp³-hybridized carbons (Fsp3) is 0.205. The topological polar surface area (TPSA) is 42.0 Å². The molecular weight excluding hydrogens is 544 g/mol. The molecule has 5 nitrogen and oxygen atoms in total. The molecule has 6 rings (SSSR count). The SMILES string of the molecule is CCOc1ccc(C(=O)N2CCN(C(c3ccccc3)c3ccccc3)CC2)cc1COc1ccc(-c2ccccc2)cc1. The van der Waals surface area contributed by atoms with Crippen molar-refractivity contribution in [1.29, 1.82) is 0 Å². The van der Waals surface area contributed by atoms with E-state index in [1.807, 2.05) is 60.4 Å². The quantitative estimate of drug-likeness (QED) is 0.168. The van der Waals surface area contributed by atoms with Crippen molar-refractivity contribution >= 4 is 5.91 Å². The molecule has 0 bridgehead atoms. The first-order valence-corrected chi connectivity index (χ1v) is 15.4. The first kappa shape index (κ1) is 29.2. The van der Waals surface area contributed by atoms with Crippen LogP contribution in [0.2, 0.25) is 0 Å². The van der Waals surface area contributed by atoms with Gasteiger partial charge < -0.3 is 14.4 Å². The maximum absolute atomic E-state index is 13.7. The number of ether oxygens (including phenoxy) is 2. The summed E-state index contributed by atoms with van der Waals surface area (Å²) < 4.78 is 12.1. The second kappa shape index (κ2) is 14.1. The highest BCUT2D eigenvalue weighted by Crippen LogP contribution is 2.30. The summed E-state index contributed by atoms with van der Waals surface area (Å²) in [7, 11) is 0. The van der Waals surface area contributed by atoms with E-state index in [1.165, 1.54) is 16.7 Å². The van der Waals surface area contributed by atoms with Gasteiger partial charge in [0.15, 0.2) is 0 Å². The normalized spacial score (nSPS) is 13.5. The van der Waals surface area contributed by atoms with E-state index in [9.17, 15) is 4.79 Å². The van der Waals surface area contributed by atoms with Crippen LogP contribution in [0.1, 0.15) is 40.0 Å². The van der Waals surface area contributed by atoms with Gasteiger partial charge in [-0.05, 0) is 59.5 Å². The number of piperazine rings is 1. The van der Waals surface area contributed by atoms with E-state index >= 15 is 0 Å². The van der Waals surface area contributed by atoms with E-state index in [1.54, 1.807) is 0 Å². The average Bonchev–Trinajstić information content (AvgIpc) is 3.10. The molecule has 1 heterocycles. The van der Waals surface area contributed by atoms with Gasteiger partial charge in [-0.25, -0.2) is 0 Å². The summed E-state index contributed by atoms with van der Waals surface area (Å²) in [5.74, 6) is 1.55. The molecule has 0 saturated carbocycles. The zero-order valence-electron chi connectivity index (χ0n) is 25.1. The molecule has 1 amide bonds. The van der Waals surface area contributed by atoms with Crippen molar-refractivity contribution < 1.29 is 14.3 Å². The number of hydrogen-bond donors (Lipinski definition) is 0. The van der Waals surface area contributed by atoms with Crippen LogP contribution in [0.15, 0.2) is 133 Å². The minimum atomic E-state index is 0.0390. The zero-order valence-corrected chi connectivity index (χ0v) is 25.1. The van der Waals surface area contributed by atoms with Gasteiger partial charge in [-0.1, -0.05) is 103 Å². The van der Waals surface area contributed by atoms with E-state index in [-0.39, 0.29) is 11.9 Å². The van der Waals surface area contributed by atoms with E-state index in [4.69, 9.17) is 9.47 Å². The molecule has 0 spiro atoms.